The van der Waals surface area contributed by atoms with Crippen molar-refractivity contribution in [3.8, 4) is 5.75 Å². The van der Waals surface area contributed by atoms with Gasteiger partial charge in [0.05, 0.1) is 10.6 Å². The van der Waals surface area contributed by atoms with Gasteiger partial charge in [0.1, 0.15) is 5.75 Å². The maximum absolute atomic E-state index is 12.9. The van der Waals surface area contributed by atoms with Crippen molar-refractivity contribution < 1.29 is 26.7 Å². The van der Waals surface area contributed by atoms with Crippen molar-refractivity contribution in [3.63, 3.8) is 0 Å². The molecule has 9 heteroatoms. The highest BCUT2D eigenvalue weighted by Crippen LogP contribution is 2.23. The zero-order chi connectivity index (χ0) is 22.4. The van der Waals surface area contributed by atoms with E-state index in [4.69, 9.17) is 0 Å². The molecule has 0 spiro atoms. The minimum Gasteiger partial charge on any atom is -0.434 e. The molecule has 0 aliphatic heterocycles. The first-order valence-electron chi connectivity index (χ1n) is 9.24. The van der Waals surface area contributed by atoms with Gasteiger partial charge in [-0.1, -0.05) is 42.5 Å². The number of anilines is 1. The molecule has 31 heavy (non-hydrogen) atoms. The highest BCUT2D eigenvalue weighted by atomic mass is 32.2. The Hall–Kier alpha value is -3.46. The molecule has 162 valence electrons. The van der Waals surface area contributed by atoms with Crippen LogP contribution in [-0.4, -0.2) is 28.0 Å². The summed E-state index contributed by atoms with van der Waals surface area (Å²) in [6, 6.07) is 20.2. The quantitative estimate of drug-likeness (QED) is 0.567. The Balaban J connectivity index is 1.77. The van der Waals surface area contributed by atoms with Gasteiger partial charge in [0.25, 0.3) is 15.9 Å². The molecule has 0 bridgehead atoms. The van der Waals surface area contributed by atoms with E-state index in [1.807, 2.05) is 0 Å². The van der Waals surface area contributed by atoms with Crippen LogP contribution in [0.1, 0.15) is 15.9 Å². The molecule has 6 nitrogen and oxygen atoms in total. The number of alkyl halides is 2. The van der Waals surface area contributed by atoms with E-state index in [0.717, 1.165) is 4.31 Å². The van der Waals surface area contributed by atoms with Gasteiger partial charge in [-0.05, 0) is 36.4 Å². The number of sulfonamides is 1. The van der Waals surface area contributed by atoms with Crippen molar-refractivity contribution in [2.75, 3.05) is 11.4 Å². The molecule has 0 radical (unpaired) electrons. The van der Waals surface area contributed by atoms with Gasteiger partial charge in [0.2, 0.25) is 0 Å². The zero-order valence-electron chi connectivity index (χ0n) is 16.5. The molecule has 0 heterocycles. The minimum atomic E-state index is -3.89. The van der Waals surface area contributed by atoms with E-state index >= 15 is 0 Å². The molecule has 0 aromatic heterocycles. The molecule has 0 saturated heterocycles. The summed E-state index contributed by atoms with van der Waals surface area (Å²) < 4.78 is 56.5. The van der Waals surface area contributed by atoms with Gasteiger partial charge < -0.3 is 10.1 Å². The molecule has 1 amide bonds. The molecular formula is C22H20F2N2O4S. The number of halogens is 2. The maximum Gasteiger partial charge on any atom is 0.387 e. The first-order valence-corrected chi connectivity index (χ1v) is 10.7. The van der Waals surface area contributed by atoms with Gasteiger partial charge in [0, 0.05) is 24.7 Å². The molecule has 0 aliphatic rings. The van der Waals surface area contributed by atoms with Crippen molar-refractivity contribution in [1.82, 2.24) is 5.32 Å². The third kappa shape index (κ3) is 5.37. The monoisotopic (exact) mass is 446 g/mol. The van der Waals surface area contributed by atoms with Crippen LogP contribution in [0.15, 0.2) is 83.8 Å². The van der Waals surface area contributed by atoms with Gasteiger partial charge in [0.15, 0.2) is 0 Å². The Labute approximate surface area is 179 Å². The third-order valence-corrected chi connectivity index (χ3v) is 6.28. The van der Waals surface area contributed by atoms with Gasteiger partial charge >= 0.3 is 6.61 Å². The number of benzene rings is 3. The Morgan fingerprint density at radius 1 is 1.00 bits per heavy atom. The summed E-state index contributed by atoms with van der Waals surface area (Å²) in [5.41, 5.74) is 0.964. The van der Waals surface area contributed by atoms with Crippen molar-refractivity contribution >= 4 is 21.6 Å². The fraction of sp³-hybridized carbons (Fsp3) is 0.136. The van der Waals surface area contributed by atoms with Crippen LogP contribution in [-0.2, 0) is 16.6 Å². The topological polar surface area (TPSA) is 75.7 Å². The molecule has 3 rings (SSSR count). The van der Waals surface area contributed by atoms with Crippen molar-refractivity contribution in [2.45, 2.75) is 18.1 Å². The van der Waals surface area contributed by atoms with Crippen LogP contribution < -0.4 is 14.4 Å². The molecule has 3 aromatic rings. The van der Waals surface area contributed by atoms with E-state index in [9.17, 15) is 22.0 Å². The van der Waals surface area contributed by atoms with E-state index < -0.39 is 22.5 Å². The molecular weight excluding hydrogens is 426 g/mol. The second-order valence-corrected chi connectivity index (χ2v) is 8.47. The van der Waals surface area contributed by atoms with Crippen molar-refractivity contribution in [3.05, 3.63) is 90.0 Å². The zero-order valence-corrected chi connectivity index (χ0v) is 17.4. The van der Waals surface area contributed by atoms with E-state index in [1.165, 1.54) is 37.4 Å². The van der Waals surface area contributed by atoms with Crippen molar-refractivity contribution in [1.29, 1.82) is 0 Å². The lowest BCUT2D eigenvalue weighted by Gasteiger charge is -2.19. The van der Waals surface area contributed by atoms with Crippen LogP contribution in [0.4, 0.5) is 14.5 Å². The van der Waals surface area contributed by atoms with Gasteiger partial charge in [-0.2, -0.15) is 8.78 Å². The molecule has 0 unspecified atom stereocenters. The predicted molar refractivity (Wildman–Crippen MR) is 113 cm³/mol. The Morgan fingerprint density at radius 2 is 1.68 bits per heavy atom. The Bertz CT molecular complexity index is 1150. The molecule has 0 atom stereocenters. The molecule has 3 aromatic carbocycles. The fourth-order valence-electron chi connectivity index (χ4n) is 2.87. The Morgan fingerprint density at radius 3 is 2.39 bits per heavy atom. The van der Waals surface area contributed by atoms with Crippen molar-refractivity contribution in [2.24, 2.45) is 0 Å². The number of ether oxygens (including phenoxy) is 1. The summed E-state index contributed by atoms with van der Waals surface area (Å²) in [6.45, 7) is -3.05. The van der Waals surface area contributed by atoms with E-state index in [-0.39, 0.29) is 22.8 Å². The highest BCUT2D eigenvalue weighted by molar-refractivity contribution is 7.92. The number of rotatable bonds is 8. The normalized spacial score (nSPS) is 11.2. The molecule has 1 N–H and O–H groups in total. The maximum atomic E-state index is 12.9. The van der Waals surface area contributed by atoms with E-state index in [2.05, 4.69) is 10.1 Å². The summed E-state index contributed by atoms with van der Waals surface area (Å²) in [4.78, 5) is 12.5. The van der Waals surface area contributed by atoms with Gasteiger partial charge in [-0.3, -0.25) is 9.10 Å². The fourth-order valence-corrected chi connectivity index (χ4v) is 4.11. The molecule has 0 fully saturated rings. The summed E-state index contributed by atoms with van der Waals surface area (Å²) in [6.07, 6.45) is 0. The van der Waals surface area contributed by atoms with Crippen LogP contribution in [0.2, 0.25) is 0 Å². The summed E-state index contributed by atoms with van der Waals surface area (Å²) in [5.74, 6) is -0.593. The lowest BCUT2D eigenvalue weighted by molar-refractivity contribution is -0.0504. The Kier molecular flexibility index (Phi) is 6.86. The van der Waals surface area contributed by atoms with Crippen LogP contribution in [0.5, 0.6) is 5.75 Å². The number of para-hydroxylation sites is 2. The summed E-state index contributed by atoms with van der Waals surface area (Å²) in [7, 11) is -2.46. The number of nitrogens with one attached hydrogen (secondary N) is 1. The lowest BCUT2D eigenvalue weighted by atomic mass is 10.1. The average Bonchev–Trinajstić information content (AvgIpc) is 2.78. The second kappa shape index (κ2) is 9.57. The van der Waals surface area contributed by atoms with Crippen LogP contribution in [0.3, 0.4) is 0 Å². The highest BCUT2D eigenvalue weighted by Gasteiger charge is 2.22. The summed E-state index contributed by atoms with van der Waals surface area (Å²) in [5, 5.41) is 2.60. The SMILES string of the molecule is CN(c1ccccc1)S(=O)(=O)c1cccc(C(=O)NCc2ccccc2OC(F)F)c1. The van der Waals surface area contributed by atoms with Crippen LogP contribution in [0.25, 0.3) is 0 Å². The number of nitrogens with zero attached hydrogens (tertiary/aromatic N) is 1. The second-order valence-electron chi connectivity index (χ2n) is 6.50. The van der Waals surface area contributed by atoms with Gasteiger partial charge in [-0.25, -0.2) is 8.42 Å². The van der Waals surface area contributed by atoms with Gasteiger partial charge in [-0.15, -0.1) is 0 Å². The third-order valence-electron chi connectivity index (χ3n) is 4.50. The first-order chi connectivity index (χ1) is 14.8. The number of hydrogen-bond donors (Lipinski definition) is 1. The standard InChI is InChI=1S/C22H20F2N2O4S/c1-26(18-10-3-2-4-11-18)31(28,29)19-12-7-9-16(14-19)21(27)25-15-17-8-5-6-13-20(17)30-22(23)24/h2-14,22H,15H2,1H3,(H,25,27). The van der Waals surface area contributed by atoms with Crippen LogP contribution >= 0.6 is 0 Å². The van der Waals surface area contributed by atoms with Crippen LogP contribution in [0, 0.1) is 0 Å². The summed E-state index contributed by atoms with van der Waals surface area (Å²) >= 11 is 0. The lowest BCUT2D eigenvalue weighted by Crippen LogP contribution is -2.27. The largest absolute Gasteiger partial charge is 0.434 e. The average molecular weight is 446 g/mol. The number of hydrogen-bond acceptors (Lipinski definition) is 4. The molecule has 0 aliphatic carbocycles. The van der Waals surface area contributed by atoms with E-state index in [1.54, 1.807) is 48.5 Å². The number of amides is 1. The number of carbonyl (C=O) groups is 1. The minimum absolute atomic E-state index is 0.0429. The smallest absolute Gasteiger partial charge is 0.387 e. The first kappa shape index (κ1) is 22.2. The molecule has 0 saturated carbocycles. The van der Waals surface area contributed by atoms with E-state index in [0.29, 0.717) is 11.3 Å². The predicted octanol–water partition coefficient (Wildman–Crippen LogP) is 4.04. The number of carbonyl (C=O) groups excluding carboxylic acids is 1.